The number of benzene rings is 1. The minimum absolute atomic E-state index is 0.0191. The van der Waals surface area contributed by atoms with Gasteiger partial charge in [-0.3, -0.25) is 19.3 Å². The van der Waals surface area contributed by atoms with Crippen molar-refractivity contribution in [3.63, 3.8) is 0 Å². The smallest absolute Gasteiger partial charge is 0.261 e. The number of amides is 3. The largest absolute Gasteiger partial charge is 0.356 e. The minimum Gasteiger partial charge on any atom is -0.356 e. The number of carbonyl (C=O) groups excluding carboxylic acids is 3. The number of nitrogens with zero attached hydrogens (tertiary/aromatic N) is 1. The van der Waals surface area contributed by atoms with Gasteiger partial charge < -0.3 is 5.32 Å². The molecule has 2 saturated carbocycles. The number of hydrogen-bond donors (Lipinski definition) is 1. The fourth-order valence-electron chi connectivity index (χ4n) is 5.22. The van der Waals surface area contributed by atoms with Crippen molar-refractivity contribution in [2.75, 3.05) is 13.1 Å². The highest BCUT2D eigenvalue weighted by atomic mass is 16.2. The Bertz CT molecular complexity index is 773. The first kappa shape index (κ1) is 18.2. The standard InChI is InChI=1S/C22H28N2O3/c1-14-4-7-18-19(11-14)22(27)24(21(18)26)10-2-3-20(25)23-9-8-17-13-15-5-6-16(17)12-15/h4,7,11,15-17H,2-3,5-6,8-10,12-13H2,1H3,(H,23,25). The predicted octanol–water partition coefficient (Wildman–Crippen LogP) is 3.31. The van der Waals surface area contributed by atoms with Crippen LogP contribution in [0.5, 0.6) is 0 Å². The summed E-state index contributed by atoms with van der Waals surface area (Å²) in [7, 11) is 0. The topological polar surface area (TPSA) is 66.5 Å². The van der Waals surface area contributed by atoms with E-state index in [0.29, 0.717) is 30.5 Å². The fraction of sp³-hybridized carbons (Fsp3) is 0.591. The number of rotatable bonds is 7. The first-order valence-electron chi connectivity index (χ1n) is 10.3. The second-order valence-electron chi connectivity index (χ2n) is 8.49. The normalized spacial score (nSPS) is 26.0. The van der Waals surface area contributed by atoms with E-state index in [2.05, 4.69) is 5.32 Å². The van der Waals surface area contributed by atoms with Crippen LogP contribution in [0.25, 0.3) is 0 Å². The molecule has 0 radical (unpaired) electrons. The summed E-state index contributed by atoms with van der Waals surface area (Å²) in [6.07, 6.45) is 7.48. The molecule has 5 heteroatoms. The molecule has 5 nitrogen and oxygen atoms in total. The van der Waals surface area contributed by atoms with Crippen molar-refractivity contribution >= 4 is 17.7 Å². The zero-order valence-corrected chi connectivity index (χ0v) is 16.0. The Balaban J connectivity index is 1.18. The lowest BCUT2D eigenvalue weighted by Crippen LogP contribution is -2.32. The molecule has 2 fully saturated rings. The quantitative estimate of drug-likeness (QED) is 0.751. The number of fused-ring (bicyclic) bond motifs is 3. The van der Waals surface area contributed by atoms with Crippen molar-refractivity contribution in [3.8, 4) is 0 Å². The van der Waals surface area contributed by atoms with E-state index >= 15 is 0 Å². The lowest BCUT2D eigenvalue weighted by molar-refractivity contribution is -0.121. The van der Waals surface area contributed by atoms with E-state index in [1.54, 1.807) is 12.1 Å². The van der Waals surface area contributed by atoms with Crippen LogP contribution in [0.15, 0.2) is 18.2 Å². The maximum Gasteiger partial charge on any atom is 0.261 e. The summed E-state index contributed by atoms with van der Waals surface area (Å²) < 4.78 is 0. The summed E-state index contributed by atoms with van der Waals surface area (Å²) >= 11 is 0. The van der Waals surface area contributed by atoms with Crippen LogP contribution >= 0.6 is 0 Å². The van der Waals surface area contributed by atoms with Gasteiger partial charge in [0, 0.05) is 19.5 Å². The van der Waals surface area contributed by atoms with Crippen molar-refractivity contribution in [1.82, 2.24) is 10.2 Å². The molecule has 27 heavy (non-hydrogen) atoms. The molecule has 0 saturated heterocycles. The monoisotopic (exact) mass is 368 g/mol. The molecule has 1 N–H and O–H groups in total. The van der Waals surface area contributed by atoms with E-state index in [1.807, 2.05) is 13.0 Å². The molecule has 0 spiro atoms. The van der Waals surface area contributed by atoms with E-state index < -0.39 is 0 Å². The molecule has 1 aromatic carbocycles. The van der Waals surface area contributed by atoms with E-state index in [9.17, 15) is 14.4 Å². The van der Waals surface area contributed by atoms with Gasteiger partial charge in [0.15, 0.2) is 0 Å². The van der Waals surface area contributed by atoms with Gasteiger partial charge in [-0.1, -0.05) is 18.1 Å². The van der Waals surface area contributed by atoms with Crippen molar-refractivity contribution in [2.24, 2.45) is 17.8 Å². The minimum atomic E-state index is -0.244. The van der Waals surface area contributed by atoms with Gasteiger partial charge in [-0.25, -0.2) is 0 Å². The van der Waals surface area contributed by atoms with Crippen LogP contribution in [-0.2, 0) is 4.79 Å². The summed E-state index contributed by atoms with van der Waals surface area (Å²) in [6, 6.07) is 5.32. The van der Waals surface area contributed by atoms with Crippen molar-refractivity contribution in [2.45, 2.75) is 51.9 Å². The summed E-state index contributed by atoms with van der Waals surface area (Å²) in [6.45, 7) is 2.95. The maximum absolute atomic E-state index is 12.4. The summed E-state index contributed by atoms with van der Waals surface area (Å²) in [5, 5.41) is 3.01. The van der Waals surface area contributed by atoms with Crippen molar-refractivity contribution in [3.05, 3.63) is 34.9 Å². The second kappa shape index (κ2) is 7.45. The molecule has 1 heterocycles. The second-order valence-corrected chi connectivity index (χ2v) is 8.49. The molecular formula is C22H28N2O3. The molecule has 1 aromatic rings. The van der Waals surface area contributed by atoms with Crippen LogP contribution in [0.1, 0.15) is 71.2 Å². The zero-order chi connectivity index (χ0) is 19.0. The predicted molar refractivity (Wildman–Crippen MR) is 102 cm³/mol. The first-order valence-corrected chi connectivity index (χ1v) is 10.3. The average molecular weight is 368 g/mol. The summed E-state index contributed by atoms with van der Waals surface area (Å²) in [5.41, 5.74) is 1.92. The third kappa shape index (κ3) is 3.64. The Hall–Kier alpha value is -2.17. The number of imide groups is 1. The molecule has 3 amide bonds. The number of aryl methyl sites for hydroxylation is 1. The summed E-state index contributed by atoms with van der Waals surface area (Å²) in [4.78, 5) is 38.1. The molecule has 2 aliphatic carbocycles. The summed E-state index contributed by atoms with van der Waals surface area (Å²) in [5.74, 6) is 2.17. The Morgan fingerprint density at radius 1 is 1.15 bits per heavy atom. The number of nitrogens with one attached hydrogen (secondary N) is 1. The van der Waals surface area contributed by atoms with E-state index in [-0.39, 0.29) is 17.7 Å². The molecular weight excluding hydrogens is 340 g/mol. The fourth-order valence-corrected chi connectivity index (χ4v) is 5.22. The third-order valence-electron chi connectivity index (χ3n) is 6.63. The van der Waals surface area contributed by atoms with E-state index in [0.717, 1.165) is 36.3 Å². The Labute approximate surface area is 160 Å². The Kier molecular flexibility index (Phi) is 5.02. The van der Waals surface area contributed by atoms with E-state index in [1.165, 1.54) is 30.6 Å². The number of carbonyl (C=O) groups is 3. The van der Waals surface area contributed by atoms with Gasteiger partial charge in [0.2, 0.25) is 5.91 Å². The highest BCUT2D eigenvalue weighted by Gasteiger charge is 2.39. The molecule has 3 unspecified atom stereocenters. The van der Waals surface area contributed by atoms with Gasteiger partial charge in [0.1, 0.15) is 0 Å². The Morgan fingerprint density at radius 2 is 1.96 bits per heavy atom. The van der Waals surface area contributed by atoms with Crippen molar-refractivity contribution < 1.29 is 14.4 Å². The Morgan fingerprint density at radius 3 is 2.70 bits per heavy atom. The first-order chi connectivity index (χ1) is 13.0. The lowest BCUT2D eigenvalue weighted by Gasteiger charge is -2.21. The van der Waals surface area contributed by atoms with Gasteiger partial charge in [-0.2, -0.15) is 0 Å². The molecule has 0 aromatic heterocycles. The van der Waals surface area contributed by atoms with E-state index in [4.69, 9.17) is 0 Å². The van der Waals surface area contributed by atoms with Crippen molar-refractivity contribution in [1.29, 1.82) is 0 Å². The highest BCUT2D eigenvalue weighted by Crippen LogP contribution is 2.49. The highest BCUT2D eigenvalue weighted by molar-refractivity contribution is 6.21. The van der Waals surface area contributed by atoms with Gasteiger partial charge in [-0.05, 0) is 68.9 Å². The maximum atomic E-state index is 12.4. The molecule has 2 bridgehead atoms. The molecule has 3 aliphatic rings. The molecule has 4 rings (SSSR count). The van der Waals surface area contributed by atoms with Gasteiger partial charge in [0.05, 0.1) is 11.1 Å². The van der Waals surface area contributed by atoms with Gasteiger partial charge in [0.25, 0.3) is 11.8 Å². The van der Waals surface area contributed by atoms with Crippen LogP contribution in [0.3, 0.4) is 0 Å². The van der Waals surface area contributed by atoms with Crippen LogP contribution in [0.4, 0.5) is 0 Å². The van der Waals surface area contributed by atoms with Crippen LogP contribution < -0.4 is 5.32 Å². The molecule has 144 valence electrons. The van der Waals surface area contributed by atoms with Crippen LogP contribution in [0, 0.1) is 24.7 Å². The number of hydrogen-bond acceptors (Lipinski definition) is 3. The average Bonchev–Trinajstić information content (AvgIpc) is 3.32. The van der Waals surface area contributed by atoms with Gasteiger partial charge in [-0.15, -0.1) is 0 Å². The zero-order valence-electron chi connectivity index (χ0n) is 16.0. The van der Waals surface area contributed by atoms with Gasteiger partial charge >= 0.3 is 0 Å². The van der Waals surface area contributed by atoms with Crippen LogP contribution in [0.2, 0.25) is 0 Å². The lowest BCUT2D eigenvalue weighted by atomic mass is 9.86. The molecule has 1 aliphatic heterocycles. The molecule has 3 atom stereocenters. The van der Waals surface area contributed by atoms with Crippen LogP contribution in [-0.4, -0.2) is 35.7 Å². The SMILES string of the molecule is Cc1ccc2c(c1)C(=O)N(CCCC(=O)NCCC1CC3CCC1C3)C2=O. The third-order valence-corrected chi connectivity index (χ3v) is 6.63.